The number of hydrogen-bond acceptors (Lipinski definition) is 2. The summed E-state index contributed by atoms with van der Waals surface area (Å²) in [5, 5.41) is 0. The Morgan fingerprint density at radius 3 is 3.00 bits per heavy atom. The molecule has 1 heterocycles. The van der Waals surface area contributed by atoms with Gasteiger partial charge in [-0.15, -0.1) is 0 Å². The van der Waals surface area contributed by atoms with Gasteiger partial charge in [0.1, 0.15) is 6.67 Å². The molecule has 1 aromatic rings. The molecule has 0 aliphatic rings. The average Bonchev–Trinajstić information content (AvgIpc) is 2.33. The van der Waals surface area contributed by atoms with Crippen LogP contribution in [-0.2, 0) is 6.67 Å². The Morgan fingerprint density at radius 1 is 1.78 bits per heavy atom. The Balaban J connectivity index is 2.98. The minimum atomic E-state index is -0.648. The van der Waals surface area contributed by atoms with Crippen LogP contribution in [0, 0.1) is 0 Å². The maximum absolute atomic E-state index is 11.8. The number of rotatable bonds is 2. The first-order valence-electron chi connectivity index (χ1n) is 2.46. The lowest BCUT2D eigenvalue weighted by molar-refractivity contribution is 0.109. The lowest BCUT2D eigenvalue weighted by atomic mass is 10.3. The minimum absolute atomic E-state index is 0.0810. The smallest absolute Gasteiger partial charge is 0.185 e. The predicted molar refractivity (Wildman–Crippen MR) is 28.9 cm³/mol. The summed E-state index contributed by atoms with van der Waals surface area (Å²) in [5.74, 6) is 0.0810. The van der Waals surface area contributed by atoms with Crippen molar-refractivity contribution in [3.05, 3.63) is 23.7 Å². The second kappa shape index (κ2) is 2.44. The van der Waals surface area contributed by atoms with E-state index in [4.69, 9.17) is 0 Å². The van der Waals surface area contributed by atoms with Crippen LogP contribution in [0.5, 0.6) is 0 Å². The zero-order chi connectivity index (χ0) is 6.69. The fourth-order valence-electron chi connectivity index (χ4n) is 0.561. The molecule has 0 saturated heterocycles. The molecule has 1 rings (SSSR count). The van der Waals surface area contributed by atoms with Crippen LogP contribution in [0.4, 0.5) is 4.39 Å². The van der Waals surface area contributed by atoms with E-state index in [0.717, 1.165) is 0 Å². The molecule has 1 aromatic heterocycles. The Hall–Kier alpha value is -1.12. The van der Waals surface area contributed by atoms with Crippen molar-refractivity contribution in [1.82, 2.24) is 0 Å². The van der Waals surface area contributed by atoms with Gasteiger partial charge in [0.15, 0.2) is 12.0 Å². The van der Waals surface area contributed by atoms with E-state index < -0.39 is 6.67 Å². The molecule has 3 heteroatoms. The third-order valence-corrected chi connectivity index (χ3v) is 1.03. The van der Waals surface area contributed by atoms with Gasteiger partial charge in [-0.1, -0.05) is 0 Å². The maximum Gasteiger partial charge on any atom is 0.185 e. The molecule has 0 N–H and O–H groups in total. The van der Waals surface area contributed by atoms with Crippen molar-refractivity contribution in [2.24, 2.45) is 0 Å². The zero-order valence-corrected chi connectivity index (χ0v) is 4.63. The van der Waals surface area contributed by atoms with E-state index in [0.29, 0.717) is 11.8 Å². The molecule has 0 aromatic carbocycles. The van der Waals surface area contributed by atoms with Crippen LogP contribution in [0.3, 0.4) is 0 Å². The minimum Gasteiger partial charge on any atom is -0.461 e. The quantitative estimate of drug-likeness (QED) is 0.566. The topological polar surface area (TPSA) is 30.2 Å². The first-order valence-corrected chi connectivity index (χ1v) is 2.46. The van der Waals surface area contributed by atoms with Gasteiger partial charge >= 0.3 is 0 Å². The van der Waals surface area contributed by atoms with Crippen molar-refractivity contribution in [1.29, 1.82) is 0 Å². The summed E-state index contributed by atoms with van der Waals surface area (Å²) in [7, 11) is 0. The fourth-order valence-corrected chi connectivity index (χ4v) is 0.561. The van der Waals surface area contributed by atoms with Crippen LogP contribution in [0.25, 0.3) is 0 Å². The van der Waals surface area contributed by atoms with Gasteiger partial charge in [0.25, 0.3) is 0 Å². The summed E-state index contributed by atoms with van der Waals surface area (Å²) in [6.07, 6.45) is 1.79. The third kappa shape index (κ3) is 0.988. The number of carbonyl (C=O) groups excluding carboxylic acids is 1. The molecule has 0 bridgehead atoms. The van der Waals surface area contributed by atoms with Crippen molar-refractivity contribution < 1.29 is 13.6 Å². The third-order valence-electron chi connectivity index (χ3n) is 1.03. The zero-order valence-electron chi connectivity index (χ0n) is 4.63. The van der Waals surface area contributed by atoms with Crippen molar-refractivity contribution in [2.75, 3.05) is 0 Å². The molecule has 0 radical (unpaired) electrons. The van der Waals surface area contributed by atoms with Crippen LogP contribution < -0.4 is 0 Å². The molecule has 0 amide bonds. The van der Waals surface area contributed by atoms with E-state index in [2.05, 4.69) is 4.42 Å². The van der Waals surface area contributed by atoms with Crippen LogP contribution in [0.1, 0.15) is 16.1 Å². The van der Waals surface area contributed by atoms with Crippen LogP contribution in [-0.4, -0.2) is 6.29 Å². The second-order valence-corrected chi connectivity index (χ2v) is 1.56. The summed E-state index contributed by atoms with van der Waals surface area (Å²) in [4.78, 5) is 9.99. The standard InChI is InChI=1S/C6H5FO2/c7-3-5-1-2-9-6(5)4-8/h1-2,4H,3H2. The lowest BCUT2D eigenvalue weighted by Crippen LogP contribution is -1.80. The number of carbonyl (C=O) groups is 1. The van der Waals surface area contributed by atoms with Gasteiger partial charge in [-0.05, 0) is 6.07 Å². The second-order valence-electron chi connectivity index (χ2n) is 1.56. The monoisotopic (exact) mass is 128 g/mol. The van der Waals surface area contributed by atoms with Gasteiger partial charge < -0.3 is 4.42 Å². The van der Waals surface area contributed by atoms with E-state index in [1.54, 1.807) is 0 Å². The van der Waals surface area contributed by atoms with Crippen molar-refractivity contribution in [3.8, 4) is 0 Å². The van der Waals surface area contributed by atoms with E-state index >= 15 is 0 Å². The molecule has 0 aliphatic carbocycles. The summed E-state index contributed by atoms with van der Waals surface area (Å²) in [6, 6.07) is 1.43. The van der Waals surface area contributed by atoms with Crippen molar-refractivity contribution in [2.45, 2.75) is 6.67 Å². The first kappa shape index (κ1) is 6.01. The molecule has 2 nitrogen and oxygen atoms in total. The lowest BCUT2D eigenvalue weighted by Gasteiger charge is -1.83. The van der Waals surface area contributed by atoms with Crippen LogP contribution in [0.2, 0.25) is 0 Å². The van der Waals surface area contributed by atoms with Gasteiger partial charge in [0, 0.05) is 5.56 Å². The molecular weight excluding hydrogens is 123 g/mol. The van der Waals surface area contributed by atoms with Gasteiger partial charge in [-0.2, -0.15) is 0 Å². The average molecular weight is 128 g/mol. The van der Waals surface area contributed by atoms with E-state index in [1.807, 2.05) is 0 Å². The molecule has 48 valence electrons. The molecule has 0 fully saturated rings. The molecule has 0 aliphatic heterocycles. The maximum atomic E-state index is 11.8. The van der Waals surface area contributed by atoms with E-state index in [-0.39, 0.29) is 5.76 Å². The molecule has 0 unspecified atom stereocenters. The molecule has 0 atom stereocenters. The van der Waals surface area contributed by atoms with Crippen molar-refractivity contribution >= 4 is 6.29 Å². The largest absolute Gasteiger partial charge is 0.461 e. The van der Waals surface area contributed by atoms with Gasteiger partial charge in [-0.3, -0.25) is 4.79 Å². The van der Waals surface area contributed by atoms with E-state index in [9.17, 15) is 9.18 Å². The SMILES string of the molecule is O=Cc1occc1CF. The Morgan fingerprint density at radius 2 is 2.56 bits per heavy atom. The first-order chi connectivity index (χ1) is 4.38. The predicted octanol–water partition coefficient (Wildman–Crippen LogP) is 1.56. The highest BCUT2D eigenvalue weighted by Gasteiger charge is 2.01. The molecule has 0 spiro atoms. The highest BCUT2D eigenvalue weighted by Crippen LogP contribution is 2.08. The normalized spacial score (nSPS) is 9.44. The summed E-state index contributed by atoms with van der Waals surface area (Å²) in [6.45, 7) is -0.648. The number of alkyl halides is 1. The van der Waals surface area contributed by atoms with Gasteiger partial charge in [0.05, 0.1) is 6.26 Å². The Bertz CT molecular complexity index is 205. The number of furan rings is 1. The van der Waals surface area contributed by atoms with Crippen molar-refractivity contribution in [3.63, 3.8) is 0 Å². The van der Waals surface area contributed by atoms with Gasteiger partial charge in [0.2, 0.25) is 0 Å². The van der Waals surface area contributed by atoms with E-state index in [1.165, 1.54) is 12.3 Å². The summed E-state index contributed by atoms with van der Waals surface area (Å²) in [5.41, 5.74) is 0.310. The fraction of sp³-hybridized carbons (Fsp3) is 0.167. The summed E-state index contributed by atoms with van der Waals surface area (Å²) < 4.78 is 16.4. The number of aldehydes is 1. The molecule has 9 heavy (non-hydrogen) atoms. The summed E-state index contributed by atoms with van der Waals surface area (Å²) >= 11 is 0. The highest BCUT2D eigenvalue weighted by molar-refractivity contribution is 5.72. The molecular formula is C6H5FO2. The van der Waals surface area contributed by atoms with Gasteiger partial charge in [-0.25, -0.2) is 4.39 Å². The highest BCUT2D eigenvalue weighted by atomic mass is 19.1. The molecule has 0 saturated carbocycles. The number of halogens is 1. The Kier molecular flexibility index (Phi) is 1.63. The Labute approximate surface area is 51.3 Å². The number of hydrogen-bond donors (Lipinski definition) is 0. The van der Waals surface area contributed by atoms with Crippen LogP contribution in [0.15, 0.2) is 16.7 Å². The van der Waals surface area contributed by atoms with Crippen LogP contribution >= 0.6 is 0 Å².